The average Bonchev–Trinajstić information content (AvgIpc) is 2.37. The fourth-order valence-corrected chi connectivity index (χ4v) is 0.385. The van der Waals surface area contributed by atoms with Crippen LogP contribution >= 0.6 is 0 Å². The van der Waals surface area contributed by atoms with E-state index in [1.807, 2.05) is 38.5 Å². The third-order valence-electron chi connectivity index (χ3n) is 0.667. The fourth-order valence-electron chi connectivity index (χ4n) is 0.385. The van der Waals surface area contributed by atoms with Gasteiger partial charge in [0.2, 0.25) is 0 Å². The van der Waals surface area contributed by atoms with Crippen LogP contribution in [0.15, 0.2) is 0 Å². The Morgan fingerprint density at radius 2 is 0.611 bits per heavy atom. The van der Waals surface area contributed by atoms with Crippen molar-refractivity contribution in [3.8, 4) is 0 Å². The molecule has 1 rings (SSSR count). The van der Waals surface area contributed by atoms with Gasteiger partial charge in [-0.3, -0.25) is 0 Å². The van der Waals surface area contributed by atoms with Crippen LogP contribution in [0.25, 0.3) is 0 Å². The van der Waals surface area contributed by atoms with Gasteiger partial charge in [0.05, 0.1) is 0 Å². The molecule has 0 aliphatic heterocycles. The van der Waals surface area contributed by atoms with Crippen molar-refractivity contribution in [1.29, 1.82) is 0 Å². The Hall–Kier alpha value is -0.476. The van der Waals surface area contributed by atoms with Gasteiger partial charge < -0.3 is 17.3 Å². The van der Waals surface area contributed by atoms with Crippen molar-refractivity contribution in [2.75, 3.05) is 0 Å². The number of hydrogen-bond acceptors (Lipinski definition) is 0. The summed E-state index contributed by atoms with van der Waals surface area (Å²) in [5, 5.41) is 0. The number of halogens is 4. The molecule has 0 spiro atoms. The number of rotatable bonds is 0. The standard InChI is InChI=1S/C6H6.3CO.BF4.Fe/c1-2-4-6-5-3-1;3*1-2;2-1(3,4)5;/h1-6H;;;;;/q;;;;-1;+2. The van der Waals surface area contributed by atoms with Crippen molar-refractivity contribution < 1.29 is 48.3 Å². The molecule has 0 atom stereocenters. The molecule has 9 heteroatoms. The van der Waals surface area contributed by atoms with E-state index >= 15 is 0 Å². The van der Waals surface area contributed by atoms with Crippen LogP contribution < -0.4 is 0 Å². The van der Waals surface area contributed by atoms with E-state index in [0.717, 1.165) is 0 Å². The van der Waals surface area contributed by atoms with E-state index in [1.54, 1.807) is 0 Å². The van der Waals surface area contributed by atoms with Crippen LogP contribution in [-0.4, -0.2) is 7.25 Å². The molecule has 0 unspecified atom stereocenters. The van der Waals surface area contributed by atoms with Gasteiger partial charge >= 0.3 is 58.2 Å². The summed E-state index contributed by atoms with van der Waals surface area (Å²) in [6.07, 6.45) is 12.0. The molecule has 1 aliphatic carbocycles. The predicted octanol–water partition coefficient (Wildman–Crippen LogP) is 2.41. The SMILES string of the molecule is F[B-](F)(F)F.[C-]#[O+].[C-]#[O+].[C-]#[O+].[CH]1[CH][CH][CH][CH][CH]1.[Fe+2]. The van der Waals surface area contributed by atoms with Crippen molar-refractivity contribution in [2.45, 2.75) is 0 Å². The molecule has 0 aromatic carbocycles. The van der Waals surface area contributed by atoms with Crippen LogP contribution in [0.2, 0.25) is 0 Å². The first-order chi connectivity index (χ1) is 8.00. The van der Waals surface area contributed by atoms with Crippen LogP contribution in [0.5, 0.6) is 0 Å². The van der Waals surface area contributed by atoms with Gasteiger partial charge in [-0.1, -0.05) is 0 Å². The maximum absolute atomic E-state index is 9.75. The van der Waals surface area contributed by atoms with E-state index in [-0.39, 0.29) is 17.1 Å². The molecule has 0 amide bonds. The van der Waals surface area contributed by atoms with Crippen molar-refractivity contribution in [1.82, 2.24) is 0 Å². The molecule has 3 nitrogen and oxygen atoms in total. The van der Waals surface area contributed by atoms with Gasteiger partial charge in [0.15, 0.2) is 0 Å². The van der Waals surface area contributed by atoms with E-state index in [2.05, 4.69) is 20.0 Å². The van der Waals surface area contributed by atoms with Crippen LogP contribution in [0.3, 0.4) is 0 Å². The second-order valence-corrected chi connectivity index (χ2v) is 1.65. The van der Waals surface area contributed by atoms with Crippen LogP contribution in [0, 0.1) is 58.5 Å². The molecule has 1 saturated carbocycles. The second-order valence-electron chi connectivity index (χ2n) is 1.65. The molecule has 0 saturated heterocycles. The molecule has 0 heterocycles. The normalized spacial score (nSPS) is 11.7. The summed E-state index contributed by atoms with van der Waals surface area (Å²) in [5.74, 6) is 0. The van der Waals surface area contributed by atoms with E-state index in [1.165, 1.54) is 0 Å². The summed E-state index contributed by atoms with van der Waals surface area (Å²) in [6.45, 7) is 13.5. The summed E-state index contributed by atoms with van der Waals surface area (Å²) in [5.41, 5.74) is 0. The summed E-state index contributed by atoms with van der Waals surface area (Å²) < 4.78 is 61.5. The summed E-state index contributed by atoms with van der Waals surface area (Å²) in [4.78, 5) is 0. The maximum Gasteiger partial charge on any atom is 2.00 e. The minimum atomic E-state index is -6.00. The Labute approximate surface area is 114 Å². The molecule has 0 bridgehead atoms. The Morgan fingerprint density at radius 1 is 0.556 bits per heavy atom. The van der Waals surface area contributed by atoms with Gasteiger partial charge in [-0.15, -0.1) is 0 Å². The molecule has 98 valence electrons. The van der Waals surface area contributed by atoms with Crippen LogP contribution in [-0.2, 0) is 31.0 Å². The third-order valence-corrected chi connectivity index (χ3v) is 0.667. The van der Waals surface area contributed by atoms with Gasteiger partial charge in [0.25, 0.3) is 0 Å². The largest absolute Gasteiger partial charge is 2.00 e. The quantitative estimate of drug-likeness (QED) is 0.286. The first kappa shape index (κ1) is 30.5. The topological polar surface area (TPSA) is 59.7 Å². The molecular weight excluding hydrogens is 299 g/mol. The second kappa shape index (κ2) is 30.0. The van der Waals surface area contributed by atoms with Crippen molar-refractivity contribution in [3.63, 3.8) is 0 Å². The Bertz CT molecular complexity index is 159. The molecule has 0 aromatic rings. The minimum Gasteiger partial charge on any atom is -0.0312 e. The van der Waals surface area contributed by atoms with Crippen LogP contribution in [0.4, 0.5) is 17.3 Å². The fraction of sp³-hybridized carbons (Fsp3) is 0. The molecule has 6 radical (unpaired) electrons. The smallest absolute Gasteiger partial charge is 0.0312 e. The molecule has 1 aliphatic rings. The van der Waals surface area contributed by atoms with Crippen molar-refractivity contribution in [3.05, 3.63) is 58.5 Å². The maximum atomic E-state index is 9.75. The van der Waals surface area contributed by atoms with Crippen molar-refractivity contribution in [2.24, 2.45) is 0 Å². The Morgan fingerprint density at radius 3 is 0.667 bits per heavy atom. The molecule has 0 aromatic heterocycles. The number of hydrogen-bond donors (Lipinski definition) is 0. The van der Waals surface area contributed by atoms with E-state index in [0.29, 0.717) is 0 Å². The summed E-state index contributed by atoms with van der Waals surface area (Å²) in [6, 6.07) is 0. The van der Waals surface area contributed by atoms with Gasteiger partial charge in [0, 0.05) is 0 Å². The van der Waals surface area contributed by atoms with E-state index in [9.17, 15) is 17.3 Å². The first-order valence-corrected chi connectivity index (χ1v) is 3.49. The van der Waals surface area contributed by atoms with Gasteiger partial charge in [-0.2, -0.15) is 0 Å². The molecule has 0 N–H and O–H groups in total. The van der Waals surface area contributed by atoms with E-state index < -0.39 is 7.25 Å². The molecule has 18 heavy (non-hydrogen) atoms. The van der Waals surface area contributed by atoms with E-state index in [4.69, 9.17) is 14.0 Å². The van der Waals surface area contributed by atoms with Crippen LogP contribution in [0.1, 0.15) is 0 Å². The summed E-state index contributed by atoms with van der Waals surface area (Å²) >= 11 is 0. The third kappa shape index (κ3) is 107. The zero-order chi connectivity index (χ0) is 14.7. The van der Waals surface area contributed by atoms with Gasteiger partial charge in [-0.25, -0.2) is 0 Å². The zero-order valence-electron chi connectivity index (χ0n) is 8.63. The Balaban J connectivity index is -0.0000000431. The molecular formula is C9H6BF4FeO3+. The van der Waals surface area contributed by atoms with Crippen molar-refractivity contribution >= 4 is 7.25 Å². The zero-order valence-corrected chi connectivity index (χ0v) is 9.74. The average molecular weight is 305 g/mol. The van der Waals surface area contributed by atoms with Gasteiger partial charge in [-0.05, 0) is 38.5 Å². The molecule has 1 fully saturated rings. The Kier molecular flexibility index (Phi) is 50.8. The predicted molar refractivity (Wildman–Crippen MR) is 47.8 cm³/mol. The van der Waals surface area contributed by atoms with Gasteiger partial charge in [0.1, 0.15) is 0 Å². The minimum absolute atomic E-state index is 0. The summed E-state index contributed by atoms with van der Waals surface area (Å²) in [7, 11) is -6.00. The monoisotopic (exact) mass is 305 g/mol. The first-order valence-electron chi connectivity index (χ1n) is 3.49.